The highest BCUT2D eigenvalue weighted by Crippen LogP contribution is 2.34. The van der Waals surface area contributed by atoms with Gasteiger partial charge in [-0.3, -0.25) is 9.59 Å². The summed E-state index contributed by atoms with van der Waals surface area (Å²) in [4.78, 5) is 26.2. The molecule has 3 rings (SSSR count). The molecule has 0 radical (unpaired) electrons. The van der Waals surface area contributed by atoms with Crippen molar-refractivity contribution >= 4 is 23.2 Å². The van der Waals surface area contributed by atoms with Crippen LogP contribution in [0.1, 0.15) is 41.6 Å². The molecule has 1 fully saturated rings. The minimum Gasteiger partial charge on any atom is -0.494 e. The molecule has 1 aromatic heterocycles. The van der Waals surface area contributed by atoms with E-state index in [0.717, 1.165) is 12.1 Å². The van der Waals surface area contributed by atoms with Gasteiger partial charge in [0.25, 0.3) is 5.91 Å². The highest BCUT2D eigenvalue weighted by atomic mass is 16.5. The fourth-order valence-corrected chi connectivity index (χ4v) is 3.03. The molecule has 25 heavy (non-hydrogen) atoms. The van der Waals surface area contributed by atoms with Crippen LogP contribution in [0.25, 0.3) is 0 Å². The second kappa shape index (κ2) is 6.96. The lowest BCUT2D eigenvalue weighted by atomic mass is 10.1. The maximum Gasteiger partial charge on any atom is 0.261 e. The number of hydrogen-bond acceptors (Lipinski definition) is 5. The molecule has 7 heteroatoms. The molecule has 2 aromatic rings. The lowest BCUT2D eigenvalue weighted by molar-refractivity contribution is -0.117. The van der Waals surface area contributed by atoms with Crippen LogP contribution >= 0.6 is 0 Å². The van der Waals surface area contributed by atoms with E-state index >= 15 is 0 Å². The maximum atomic E-state index is 12.6. The van der Waals surface area contributed by atoms with Crippen molar-refractivity contribution in [2.75, 3.05) is 23.9 Å². The van der Waals surface area contributed by atoms with Crippen LogP contribution in [0.5, 0.6) is 5.75 Å². The molecule has 0 unspecified atom stereocenters. The van der Waals surface area contributed by atoms with Crippen LogP contribution in [-0.4, -0.2) is 30.6 Å². The number of rotatable bonds is 5. The molecular formula is C18H21N3O4. The molecule has 132 valence electrons. The monoisotopic (exact) mass is 343 g/mol. The number of aryl methyl sites for hydroxylation is 2. The van der Waals surface area contributed by atoms with Gasteiger partial charge in [-0.2, -0.15) is 0 Å². The van der Waals surface area contributed by atoms with Gasteiger partial charge in [-0.1, -0.05) is 12.1 Å². The molecule has 1 aliphatic heterocycles. The Morgan fingerprint density at radius 3 is 2.88 bits per heavy atom. The Kier molecular flexibility index (Phi) is 4.74. The zero-order valence-electron chi connectivity index (χ0n) is 14.6. The average molecular weight is 343 g/mol. The number of carbonyl (C=O) groups is 2. The second-order valence-electron chi connectivity index (χ2n) is 5.90. The summed E-state index contributed by atoms with van der Waals surface area (Å²) in [6, 6.07) is 5.27. The summed E-state index contributed by atoms with van der Waals surface area (Å²) >= 11 is 0. The molecular weight excluding hydrogens is 322 g/mol. The number of methoxy groups -OCH3 is 1. The fourth-order valence-electron chi connectivity index (χ4n) is 3.03. The molecule has 0 atom stereocenters. The first-order valence-electron chi connectivity index (χ1n) is 8.30. The van der Waals surface area contributed by atoms with Crippen LogP contribution in [0.15, 0.2) is 22.7 Å². The van der Waals surface area contributed by atoms with Crippen molar-refractivity contribution < 1.29 is 18.8 Å². The van der Waals surface area contributed by atoms with Crippen LogP contribution in [-0.2, 0) is 11.2 Å². The summed E-state index contributed by atoms with van der Waals surface area (Å²) in [5.41, 5.74) is 2.39. The molecule has 0 aliphatic carbocycles. The zero-order chi connectivity index (χ0) is 18.0. The average Bonchev–Trinajstić information content (AvgIpc) is 3.20. The number of nitrogens with one attached hydrogen (secondary N) is 1. The molecule has 0 bridgehead atoms. The van der Waals surface area contributed by atoms with Gasteiger partial charge in [-0.15, -0.1) is 0 Å². The van der Waals surface area contributed by atoms with Gasteiger partial charge < -0.3 is 19.5 Å². The molecule has 1 aliphatic rings. The predicted molar refractivity (Wildman–Crippen MR) is 93.2 cm³/mol. The van der Waals surface area contributed by atoms with Crippen LogP contribution in [0.4, 0.5) is 11.4 Å². The van der Waals surface area contributed by atoms with Crippen molar-refractivity contribution in [1.82, 2.24) is 5.16 Å². The van der Waals surface area contributed by atoms with Gasteiger partial charge in [0.15, 0.2) is 0 Å². The van der Waals surface area contributed by atoms with Crippen LogP contribution in [0.3, 0.4) is 0 Å². The van der Waals surface area contributed by atoms with E-state index in [4.69, 9.17) is 9.26 Å². The highest BCUT2D eigenvalue weighted by molar-refractivity contribution is 6.06. The Balaban J connectivity index is 1.85. The number of carbonyl (C=O) groups excluding carboxylic acids is 2. The Labute approximate surface area is 145 Å². The first-order valence-corrected chi connectivity index (χ1v) is 8.30. The number of aromatic nitrogens is 1. The van der Waals surface area contributed by atoms with E-state index in [9.17, 15) is 9.59 Å². The van der Waals surface area contributed by atoms with Gasteiger partial charge in [-0.25, -0.2) is 0 Å². The summed E-state index contributed by atoms with van der Waals surface area (Å²) in [6.07, 6.45) is 2.00. The Morgan fingerprint density at radius 2 is 2.24 bits per heavy atom. The fraction of sp³-hybridized carbons (Fsp3) is 0.389. The third-order valence-corrected chi connectivity index (χ3v) is 4.30. The van der Waals surface area contributed by atoms with Crippen molar-refractivity contribution in [3.8, 4) is 5.75 Å². The predicted octanol–water partition coefficient (Wildman–Crippen LogP) is 2.93. The van der Waals surface area contributed by atoms with Crippen LogP contribution in [0.2, 0.25) is 0 Å². The van der Waals surface area contributed by atoms with Gasteiger partial charge in [0, 0.05) is 24.7 Å². The van der Waals surface area contributed by atoms with Crippen molar-refractivity contribution in [3.05, 3.63) is 35.2 Å². The van der Waals surface area contributed by atoms with Gasteiger partial charge in [0.05, 0.1) is 18.5 Å². The summed E-state index contributed by atoms with van der Waals surface area (Å²) in [7, 11) is 1.55. The van der Waals surface area contributed by atoms with E-state index in [1.165, 1.54) is 0 Å². The first kappa shape index (κ1) is 17.0. The largest absolute Gasteiger partial charge is 0.494 e. The third-order valence-electron chi connectivity index (χ3n) is 4.30. The normalized spacial score (nSPS) is 14.0. The van der Waals surface area contributed by atoms with E-state index < -0.39 is 0 Å². The Bertz CT molecular complexity index is 813. The number of amides is 2. The summed E-state index contributed by atoms with van der Waals surface area (Å²) in [5, 5.41) is 6.74. The van der Waals surface area contributed by atoms with E-state index in [-0.39, 0.29) is 11.8 Å². The quantitative estimate of drug-likeness (QED) is 0.902. The van der Waals surface area contributed by atoms with Gasteiger partial charge >= 0.3 is 0 Å². The topological polar surface area (TPSA) is 84.7 Å². The SMILES string of the molecule is CCc1noc(C)c1C(=O)Nc1ccc(N2CCCC2=O)c(OC)c1. The van der Waals surface area contributed by atoms with Gasteiger partial charge in [-0.05, 0) is 31.9 Å². The Morgan fingerprint density at radius 1 is 1.44 bits per heavy atom. The minimum atomic E-state index is -0.275. The molecule has 2 amide bonds. The van der Waals surface area contributed by atoms with Gasteiger partial charge in [0.2, 0.25) is 5.91 Å². The summed E-state index contributed by atoms with van der Waals surface area (Å²) in [5.74, 6) is 0.844. The van der Waals surface area contributed by atoms with Crippen molar-refractivity contribution in [2.45, 2.75) is 33.1 Å². The molecule has 1 saturated heterocycles. The van der Waals surface area contributed by atoms with Gasteiger partial charge in [0.1, 0.15) is 17.1 Å². The highest BCUT2D eigenvalue weighted by Gasteiger charge is 2.25. The van der Waals surface area contributed by atoms with Crippen LogP contribution < -0.4 is 15.0 Å². The molecule has 0 saturated carbocycles. The lowest BCUT2D eigenvalue weighted by Crippen LogP contribution is -2.24. The summed E-state index contributed by atoms with van der Waals surface area (Å²) < 4.78 is 10.5. The maximum absolute atomic E-state index is 12.6. The number of nitrogens with zero attached hydrogens (tertiary/aromatic N) is 2. The third kappa shape index (κ3) is 3.22. The summed E-state index contributed by atoms with van der Waals surface area (Å²) in [6.45, 7) is 4.31. The van der Waals surface area contributed by atoms with E-state index in [2.05, 4.69) is 10.5 Å². The Hall–Kier alpha value is -2.83. The van der Waals surface area contributed by atoms with Crippen molar-refractivity contribution in [1.29, 1.82) is 0 Å². The van der Waals surface area contributed by atoms with Crippen LogP contribution in [0, 0.1) is 6.92 Å². The van der Waals surface area contributed by atoms with Crippen molar-refractivity contribution in [3.63, 3.8) is 0 Å². The molecule has 7 nitrogen and oxygen atoms in total. The zero-order valence-corrected chi connectivity index (χ0v) is 14.6. The molecule has 1 N–H and O–H groups in total. The smallest absolute Gasteiger partial charge is 0.261 e. The first-order chi connectivity index (χ1) is 12.0. The second-order valence-corrected chi connectivity index (χ2v) is 5.90. The van der Waals surface area contributed by atoms with Crippen molar-refractivity contribution in [2.24, 2.45) is 0 Å². The molecule has 1 aromatic carbocycles. The number of anilines is 2. The standard InChI is InChI=1S/C18H21N3O4/c1-4-13-17(11(2)25-20-13)18(23)19-12-7-8-14(15(10-12)24-3)21-9-5-6-16(21)22/h7-8,10H,4-6,9H2,1-3H3,(H,19,23). The van der Waals surface area contributed by atoms with E-state index in [1.54, 1.807) is 37.1 Å². The molecule has 0 spiro atoms. The van der Waals surface area contributed by atoms with E-state index in [0.29, 0.717) is 47.8 Å². The minimum absolute atomic E-state index is 0.0859. The number of ether oxygens (including phenoxy) is 1. The number of benzene rings is 1. The van der Waals surface area contributed by atoms with E-state index in [1.807, 2.05) is 6.92 Å². The molecule has 2 heterocycles. The lowest BCUT2D eigenvalue weighted by Gasteiger charge is -2.19. The number of hydrogen-bond donors (Lipinski definition) is 1.